The quantitative estimate of drug-likeness (QED) is 0.882. The van der Waals surface area contributed by atoms with Gasteiger partial charge < -0.3 is 10.2 Å². The van der Waals surface area contributed by atoms with Gasteiger partial charge in [-0.15, -0.1) is 0 Å². The van der Waals surface area contributed by atoms with Crippen LogP contribution in [0.4, 0.5) is 5.82 Å². The third-order valence-electron chi connectivity index (χ3n) is 2.90. The van der Waals surface area contributed by atoms with Gasteiger partial charge in [0, 0.05) is 25.7 Å². The zero-order chi connectivity index (χ0) is 15.4. The van der Waals surface area contributed by atoms with Crippen molar-refractivity contribution in [1.82, 2.24) is 14.9 Å². The van der Waals surface area contributed by atoms with Crippen molar-refractivity contribution >= 4 is 23.3 Å². The van der Waals surface area contributed by atoms with E-state index >= 15 is 0 Å². The van der Waals surface area contributed by atoms with Crippen molar-refractivity contribution in [3.8, 4) is 11.4 Å². The van der Waals surface area contributed by atoms with Gasteiger partial charge in [0.25, 0.3) is 0 Å². The minimum atomic E-state index is -0.394. The number of carbonyl (C=O) groups is 1. The Balaban J connectivity index is 2.26. The van der Waals surface area contributed by atoms with Crippen LogP contribution in [-0.2, 0) is 4.79 Å². The van der Waals surface area contributed by atoms with E-state index in [1.54, 1.807) is 27.1 Å². The fourth-order valence-corrected chi connectivity index (χ4v) is 2.06. The van der Waals surface area contributed by atoms with Gasteiger partial charge in [-0.3, -0.25) is 4.79 Å². The maximum Gasteiger partial charge on any atom is 0.244 e. The Labute approximate surface area is 129 Å². The molecule has 0 aliphatic carbocycles. The van der Waals surface area contributed by atoms with E-state index in [4.69, 9.17) is 11.6 Å². The number of amides is 1. The number of rotatable bonds is 4. The number of anilines is 1. The highest BCUT2D eigenvalue weighted by molar-refractivity contribution is 6.29. The van der Waals surface area contributed by atoms with Crippen LogP contribution in [0.15, 0.2) is 36.4 Å². The molecule has 0 saturated heterocycles. The molecule has 0 bridgehead atoms. The molecule has 1 atom stereocenters. The monoisotopic (exact) mass is 304 g/mol. The summed E-state index contributed by atoms with van der Waals surface area (Å²) >= 11 is 6.04. The summed E-state index contributed by atoms with van der Waals surface area (Å²) < 4.78 is 0. The number of halogens is 1. The summed E-state index contributed by atoms with van der Waals surface area (Å²) in [6.45, 7) is 1.78. The Bertz CT molecular complexity index is 631. The van der Waals surface area contributed by atoms with E-state index in [9.17, 15) is 4.79 Å². The molecule has 110 valence electrons. The average Bonchev–Trinajstić information content (AvgIpc) is 2.46. The smallest absolute Gasteiger partial charge is 0.244 e. The van der Waals surface area contributed by atoms with Crippen molar-refractivity contribution in [2.75, 3.05) is 19.4 Å². The summed E-state index contributed by atoms with van der Waals surface area (Å²) in [5.41, 5.74) is 0.870. The summed E-state index contributed by atoms with van der Waals surface area (Å²) in [4.78, 5) is 22.0. The molecule has 1 N–H and O–H groups in total. The molecule has 1 aromatic heterocycles. The van der Waals surface area contributed by atoms with E-state index in [-0.39, 0.29) is 5.91 Å². The molecule has 0 spiro atoms. The predicted molar refractivity (Wildman–Crippen MR) is 84.3 cm³/mol. The predicted octanol–water partition coefficient (Wildman–Crippen LogP) is 2.69. The van der Waals surface area contributed by atoms with Gasteiger partial charge in [-0.1, -0.05) is 41.9 Å². The molecule has 1 heterocycles. The molecule has 6 heteroatoms. The number of nitrogens with zero attached hydrogens (tertiary/aromatic N) is 3. The van der Waals surface area contributed by atoms with Crippen LogP contribution in [0, 0.1) is 0 Å². The first-order chi connectivity index (χ1) is 9.97. The van der Waals surface area contributed by atoms with Gasteiger partial charge in [0.05, 0.1) is 0 Å². The van der Waals surface area contributed by atoms with Crippen LogP contribution >= 0.6 is 11.6 Å². The molecule has 2 rings (SSSR count). The first-order valence-corrected chi connectivity index (χ1v) is 6.93. The Hall–Kier alpha value is -2.14. The molecular weight excluding hydrogens is 288 g/mol. The molecule has 5 nitrogen and oxygen atoms in total. The van der Waals surface area contributed by atoms with Gasteiger partial charge >= 0.3 is 0 Å². The number of carbonyl (C=O) groups excluding carboxylic acids is 1. The van der Waals surface area contributed by atoms with Crippen molar-refractivity contribution in [2.45, 2.75) is 13.0 Å². The molecule has 0 saturated carbocycles. The van der Waals surface area contributed by atoms with Crippen LogP contribution in [0.5, 0.6) is 0 Å². The summed E-state index contributed by atoms with van der Waals surface area (Å²) in [6.07, 6.45) is 0. The molecule has 0 radical (unpaired) electrons. The lowest BCUT2D eigenvalue weighted by Crippen LogP contribution is -2.36. The topological polar surface area (TPSA) is 58.1 Å². The first-order valence-electron chi connectivity index (χ1n) is 6.55. The van der Waals surface area contributed by atoms with Crippen molar-refractivity contribution in [3.05, 3.63) is 41.6 Å². The second-order valence-corrected chi connectivity index (χ2v) is 5.25. The minimum absolute atomic E-state index is 0.0361. The van der Waals surface area contributed by atoms with E-state index in [1.165, 1.54) is 4.90 Å². The zero-order valence-corrected chi connectivity index (χ0v) is 12.9. The maximum absolute atomic E-state index is 11.9. The van der Waals surface area contributed by atoms with Crippen LogP contribution in [0.2, 0.25) is 5.15 Å². The highest BCUT2D eigenvalue weighted by atomic mass is 35.5. The van der Waals surface area contributed by atoms with Gasteiger partial charge in [0.2, 0.25) is 5.91 Å². The molecule has 0 fully saturated rings. The van der Waals surface area contributed by atoms with Gasteiger partial charge in [-0.2, -0.15) is 0 Å². The molecule has 2 aromatic rings. The lowest BCUT2D eigenvalue weighted by atomic mass is 10.2. The third-order valence-corrected chi connectivity index (χ3v) is 3.10. The highest BCUT2D eigenvalue weighted by Crippen LogP contribution is 2.20. The SMILES string of the molecule is CC(Nc1cc(Cl)nc(-c2ccccc2)n1)C(=O)N(C)C. The molecule has 1 unspecified atom stereocenters. The molecule has 1 amide bonds. The van der Waals surface area contributed by atoms with Gasteiger partial charge in [-0.05, 0) is 6.92 Å². The van der Waals surface area contributed by atoms with Crippen LogP contribution in [0.3, 0.4) is 0 Å². The van der Waals surface area contributed by atoms with Crippen LogP contribution in [-0.4, -0.2) is 40.9 Å². The molecule has 1 aromatic carbocycles. The van der Waals surface area contributed by atoms with E-state index in [1.807, 2.05) is 30.3 Å². The van der Waals surface area contributed by atoms with Crippen molar-refractivity contribution < 1.29 is 4.79 Å². The number of likely N-dealkylation sites (N-methyl/N-ethyl adjacent to an activating group) is 1. The lowest BCUT2D eigenvalue weighted by Gasteiger charge is -2.18. The summed E-state index contributed by atoms with van der Waals surface area (Å²) in [6, 6.07) is 10.8. The third kappa shape index (κ3) is 3.92. The standard InChI is InChI=1S/C15H17ClN4O/c1-10(15(21)20(2)3)17-13-9-12(16)18-14(19-13)11-7-5-4-6-8-11/h4-10H,1-3H3,(H,17,18,19). The van der Waals surface area contributed by atoms with Gasteiger partial charge in [0.15, 0.2) is 5.82 Å². The maximum atomic E-state index is 11.9. The Morgan fingerprint density at radius 1 is 1.24 bits per heavy atom. The molecule has 0 aliphatic rings. The van der Waals surface area contributed by atoms with Crippen molar-refractivity contribution in [3.63, 3.8) is 0 Å². The Morgan fingerprint density at radius 3 is 2.52 bits per heavy atom. The number of hydrogen-bond acceptors (Lipinski definition) is 4. The molecule has 21 heavy (non-hydrogen) atoms. The van der Waals surface area contributed by atoms with Crippen LogP contribution in [0.1, 0.15) is 6.92 Å². The normalized spacial score (nSPS) is 11.8. The summed E-state index contributed by atoms with van der Waals surface area (Å²) in [5, 5.41) is 3.38. The number of nitrogens with one attached hydrogen (secondary N) is 1. The Morgan fingerprint density at radius 2 is 1.90 bits per heavy atom. The number of aromatic nitrogens is 2. The minimum Gasteiger partial charge on any atom is -0.358 e. The fourth-order valence-electron chi connectivity index (χ4n) is 1.88. The second-order valence-electron chi connectivity index (χ2n) is 4.86. The summed E-state index contributed by atoms with van der Waals surface area (Å²) in [5.74, 6) is 1.01. The van der Waals surface area contributed by atoms with E-state index < -0.39 is 6.04 Å². The molecular formula is C15H17ClN4O. The fraction of sp³-hybridized carbons (Fsp3) is 0.267. The Kier molecular flexibility index (Phi) is 4.75. The lowest BCUT2D eigenvalue weighted by molar-refractivity contribution is -0.129. The van der Waals surface area contributed by atoms with Gasteiger partial charge in [-0.25, -0.2) is 9.97 Å². The zero-order valence-electron chi connectivity index (χ0n) is 12.2. The summed E-state index contributed by atoms with van der Waals surface area (Å²) in [7, 11) is 3.42. The van der Waals surface area contributed by atoms with Gasteiger partial charge in [0.1, 0.15) is 17.0 Å². The van der Waals surface area contributed by atoms with Crippen molar-refractivity contribution in [1.29, 1.82) is 0 Å². The second kappa shape index (κ2) is 6.54. The van der Waals surface area contributed by atoms with E-state index in [0.29, 0.717) is 16.8 Å². The van der Waals surface area contributed by atoms with E-state index in [0.717, 1.165) is 5.56 Å². The number of benzene rings is 1. The number of hydrogen-bond donors (Lipinski definition) is 1. The van der Waals surface area contributed by atoms with E-state index in [2.05, 4.69) is 15.3 Å². The van der Waals surface area contributed by atoms with Crippen LogP contribution in [0.25, 0.3) is 11.4 Å². The molecule has 0 aliphatic heterocycles. The largest absolute Gasteiger partial charge is 0.358 e. The highest BCUT2D eigenvalue weighted by Gasteiger charge is 2.16. The van der Waals surface area contributed by atoms with Crippen molar-refractivity contribution in [2.24, 2.45) is 0 Å². The van der Waals surface area contributed by atoms with Crippen LogP contribution < -0.4 is 5.32 Å². The first kappa shape index (κ1) is 15.3. The average molecular weight is 305 g/mol.